The summed E-state index contributed by atoms with van der Waals surface area (Å²) >= 11 is 0. The summed E-state index contributed by atoms with van der Waals surface area (Å²) in [5, 5.41) is 24.9. The highest BCUT2D eigenvalue weighted by Gasteiger charge is 2.36. The Bertz CT molecular complexity index is 896. The molecule has 9 N–H and O–H groups in total. The number of phenolic OH excluding ortho intramolecular Hbond substituents is 2. The zero-order valence-corrected chi connectivity index (χ0v) is 15.4. The fourth-order valence-corrected chi connectivity index (χ4v) is 2.96. The Morgan fingerprint density at radius 3 is 1.76 bits per heavy atom. The van der Waals surface area contributed by atoms with Gasteiger partial charge < -0.3 is 32.3 Å². The number of nitrogens with one attached hydrogen (secondary N) is 3. The van der Waals surface area contributed by atoms with Crippen LogP contribution in [0.4, 0.5) is 22.7 Å². The van der Waals surface area contributed by atoms with Crippen molar-refractivity contribution < 1.29 is 29.3 Å². The van der Waals surface area contributed by atoms with Gasteiger partial charge >= 0.3 is 6.34 Å². The summed E-state index contributed by atoms with van der Waals surface area (Å²) in [6.07, 6.45) is 4.81. The van der Waals surface area contributed by atoms with Gasteiger partial charge in [0.2, 0.25) is 6.20 Å². The Labute approximate surface area is 166 Å². The van der Waals surface area contributed by atoms with E-state index in [4.69, 9.17) is 11.5 Å². The van der Waals surface area contributed by atoms with Gasteiger partial charge in [-0.15, -0.1) is 0 Å². The Hall–Kier alpha value is -4.05. The van der Waals surface area contributed by atoms with E-state index in [-0.39, 0.29) is 51.8 Å². The van der Waals surface area contributed by atoms with E-state index in [2.05, 4.69) is 15.6 Å². The second-order valence-corrected chi connectivity index (χ2v) is 6.61. The van der Waals surface area contributed by atoms with Crippen LogP contribution >= 0.6 is 0 Å². The molecule has 0 aliphatic carbocycles. The lowest BCUT2D eigenvalue weighted by molar-refractivity contribution is -0.770. The van der Waals surface area contributed by atoms with Crippen LogP contribution in [-0.4, -0.2) is 45.9 Å². The van der Waals surface area contributed by atoms with Crippen LogP contribution in [0.3, 0.4) is 0 Å². The minimum atomic E-state index is -0.460. The first-order valence-corrected chi connectivity index (χ1v) is 8.69. The number of nitrogens with zero attached hydrogens (tertiary/aromatic N) is 1. The molecule has 0 atom stereocenters. The highest BCUT2D eigenvalue weighted by atomic mass is 16.3. The van der Waals surface area contributed by atoms with Gasteiger partial charge in [-0.2, -0.15) is 9.48 Å². The molecule has 0 spiro atoms. The molecule has 0 fully saturated rings. The lowest BCUT2D eigenvalue weighted by Gasteiger charge is -2.23. The van der Waals surface area contributed by atoms with Crippen molar-refractivity contribution >= 4 is 40.9 Å². The summed E-state index contributed by atoms with van der Waals surface area (Å²) in [7, 11) is 0. The van der Waals surface area contributed by atoms with Gasteiger partial charge in [0.05, 0.1) is 11.4 Å². The van der Waals surface area contributed by atoms with Gasteiger partial charge in [0.1, 0.15) is 22.9 Å². The maximum absolute atomic E-state index is 12.6. The first-order chi connectivity index (χ1) is 13.8. The van der Waals surface area contributed by atoms with Crippen molar-refractivity contribution in [1.82, 2.24) is 0 Å². The van der Waals surface area contributed by atoms with Crippen LogP contribution in [0.2, 0.25) is 0 Å². The molecule has 1 heterocycles. The molecule has 0 radical (unpaired) electrons. The first kappa shape index (κ1) is 19.7. The van der Waals surface area contributed by atoms with Crippen molar-refractivity contribution in [2.24, 2.45) is 0 Å². The number of rotatable bonds is 6. The summed E-state index contributed by atoms with van der Waals surface area (Å²) in [5.74, 6) is -1.23. The number of hydrogen-bond donors (Lipinski definition) is 7. The van der Waals surface area contributed by atoms with Crippen LogP contribution in [0.1, 0.15) is 0 Å². The van der Waals surface area contributed by atoms with Gasteiger partial charge in [-0.3, -0.25) is 9.59 Å². The van der Waals surface area contributed by atoms with E-state index >= 15 is 0 Å². The van der Waals surface area contributed by atoms with E-state index in [0.717, 1.165) is 0 Å². The van der Waals surface area contributed by atoms with Gasteiger partial charge in [-0.1, -0.05) is 12.1 Å². The Balaban J connectivity index is 1.72. The van der Waals surface area contributed by atoms with Crippen LogP contribution in [0.5, 0.6) is 11.5 Å². The molecule has 1 aliphatic rings. The Morgan fingerprint density at radius 2 is 1.38 bits per heavy atom. The van der Waals surface area contributed by atoms with Crippen LogP contribution in [0.15, 0.2) is 48.8 Å². The number of anilines is 4. The molecule has 10 heteroatoms. The lowest BCUT2D eigenvalue weighted by atomic mass is 10.2. The fourth-order valence-electron chi connectivity index (χ4n) is 2.96. The summed E-state index contributed by atoms with van der Waals surface area (Å²) in [6.45, 7) is -0.276. The highest BCUT2D eigenvalue weighted by molar-refractivity contribution is 5.99. The van der Waals surface area contributed by atoms with Gasteiger partial charge in [-0.25, -0.2) is 0 Å². The second kappa shape index (κ2) is 7.90. The molecule has 2 amide bonds. The van der Waals surface area contributed by atoms with Crippen molar-refractivity contribution in [3.05, 3.63) is 48.8 Å². The predicted octanol–water partition coefficient (Wildman–Crippen LogP) is -0.750. The smallest absolute Gasteiger partial charge is 0.336 e. The largest absolute Gasteiger partial charge is 0.506 e. The zero-order valence-electron chi connectivity index (χ0n) is 15.4. The Morgan fingerprint density at radius 1 is 0.897 bits per heavy atom. The number of phenols is 2. The van der Waals surface area contributed by atoms with Gasteiger partial charge in [0.15, 0.2) is 19.3 Å². The van der Waals surface area contributed by atoms with Crippen LogP contribution in [-0.2, 0) is 9.59 Å². The fraction of sp³-hybridized carbons (Fsp3) is 0.105. The van der Waals surface area contributed by atoms with Crippen molar-refractivity contribution in [1.29, 1.82) is 0 Å². The standard InChI is InChI=1S/C19H20N6O4/c20-12-3-1-5-14(26)18(12)23-16(28)9-25(8-7-22-11-25)10-17(29)24-19-13(21)4-2-6-15(19)27/h1-8,11H,9-10,20-21H2,(H3-,23,24,26,27,28,29)/p+2. The van der Waals surface area contributed by atoms with E-state index < -0.39 is 11.8 Å². The van der Waals surface area contributed by atoms with E-state index in [0.29, 0.717) is 0 Å². The van der Waals surface area contributed by atoms with Gasteiger partial charge in [-0.05, 0) is 24.3 Å². The summed E-state index contributed by atoms with van der Waals surface area (Å²) in [5.41, 5.74) is 12.2. The molecule has 0 unspecified atom stereocenters. The molecule has 0 aromatic heterocycles. The van der Waals surface area contributed by atoms with Crippen LogP contribution in [0.25, 0.3) is 0 Å². The van der Waals surface area contributed by atoms with Crippen molar-refractivity contribution in [2.45, 2.75) is 0 Å². The highest BCUT2D eigenvalue weighted by Crippen LogP contribution is 2.30. The number of aromatic hydroxyl groups is 2. The number of amides is 2. The third-order valence-corrected chi connectivity index (χ3v) is 4.35. The second-order valence-electron chi connectivity index (χ2n) is 6.61. The minimum absolute atomic E-state index is 0.109. The van der Waals surface area contributed by atoms with Gasteiger partial charge in [0.25, 0.3) is 11.8 Å². The van der Waals surface area contributed by atoms with Crippen LogP contribution in [0, 0.1) is 0 Å². The topological polar surface area (TPSA) is 165 Å². The maximum atomic E-state index is 12.6. The molecular weight excluding hydrogens is 376 g/mol. The zero-order chi connectivity index (χ0) is 21.0. The molecule has 2 aromatic carbocycles. The Kier molecular flexibility index (Phi) is 5.37. The maximum Gasteiger partial charge on any atom is 0.336 e. The summed E-state index contributed by atoms with van der Waals surface area (Å²) < 4.78 is -0.140. The molecule has 1 aliphatic heterocycles. The van der Waals surface area contributed by atoms with E-state index in [1.807, 2.05) is 0 Å². The van der Waals surface area contributed by atoms with Gasteiger partial charge in [0, 0.05) is 0 Å². The predicted molar refractivity (Wildman–Crippen MR) is 108 cm³/mol. The van der Waals surface area contributed by atoms with Crippen molar-refractivity contribution in [3.63, 3.8) is 0 Å². The average Bonchev–Trinajstić information content (AvgIpc) is 3.09. The molecule has 29 heavy (non-hydrogen) atoms. The third-order valence-electron chi connectivity index (χ3n) is 4.35. The van der Waals surface area contributed by atoms with Crippen molar-refractivity contribution in [2.75, 3.05) is 35.2 Å². The summed E-state index contributed by atoms with van der Waals surface area (Å²) in [6, 6.07) is 9.03. The number of nitrogen functional groups attached to an aromatic ring is 2. The normalized spacial score (nSPS) is 13.9. The number of quaternary nitrogens is 1. The van der Waals surface area contributed by atoms with Crippen LogP contribution < -0.4 is 27.1 Å². The summed E-state index contributed by atoms with van der Waals surface area (Å²) in [4.78, 5) is 28.0. The average molecular weight is 398 g/mol. The van der Waals surface area contributed by atoms with Crippen molar-refractivity contribution in [3.8, 4) is 11.5 Å². The monoisotopic (exact) mass is 398 g/mol. The molecule has 0 saturated carbocycles. The SMILES string of the molecule is Nc1cccc(O)c1NC(=O)C[N+]1(CC(=O)Nc2c(N)cccc2O)C=C[NH+]=C1. The molecule has 3 rings (SSSR count). The minimum Gasteiger partial charge on any atom is -0.506 e. The number of para-hydroxylation sites is 2. The van der Waals surface area contributed by atoms with E-state index in [1.165, 1.54) is 12.1 Å². The number of hydrogen-bond acceptors (Lipinski definition) is 6. The molecule has 0 saturated heterocycles. The van der Waals surface area contributed by atoms with E-state index in [9.17, 15) is 19.8 Å². The molecule has 0 bridgehead atoms. The molecule has 10 nitrogen and oxygen atoms in total. The molecule has 2 aromatic rings. The number of nitrogens with two attached hydrogens (primary N) is 2. The molecular formula is C19H22N6O4+2. The third kappa shape index (κ3) is 4.45. The first-order valence-electron chi connectivity index (χ1n) is 8.69. The number of carbonyl (C=O) groups excluding carboxylic acids is 2. The van der Waals surface area contributed by atoms with E-state index in [1.54, 1.807) is 43.0 Å². The quantitative estimate of drug-likeness (QED) is 0.192. The number of carbonyl (C=O) groups is 2. The lowest BCUT2D eigenvalue weighted by Crippen LogP contribution is -2.64. The molecule has 150 valence electrons. The number of benzene rings is 2.